The summed E-state index contributed by atoms with van der Waals surface area (Å²) in [6, 6.07) is 14.9. The van der Waals surface area contributed by atoms with Crippen LogP contribution in [0.1, 0.15) is 42.9 Å². The van der Waals surface area contributed by atoms with Gasteiger partial charge in [0.15, 0.2) is 0 Å². The summed E-state index contributed by atoms with van der Waals surface area (Å²) >= 11 is 0. The largest absolute Gasteiger partial charge is 0.347 e. The molecule has 8 heteroatoms. The van der Waals surface area contributed by atoms with Gasteiger partial charge in [-0.25, -0.2) is 4.98 Å². The van der Waals surface area contributed by atoms with Crippen molar-refractivity contribution >= 4 is 34.4 Å². The van der Waals surface area contributed by atoms with Gasteiger partial charge < -0.3 is 14.8 Å². The Hall–Kier alpha value is -3.68. The molecule has 0 saturated carbocycles. The van der Waals surface area contributed by atoms with Crippen molar-refractivity contribution in [3.63, 3.8) is 0 Å². The molecule has 2 aliphatic heterocycles. The lowest BCUT2D eigenvalue weighted by molar-refractivity contribution is -0.124. The van der Waals surface area contributed by atoms with Crippen molar-refractivity contribution in [2.24, 2.45) is 0 Å². The van der Waals surface area contributed by atoms with Crippen LogP contribution >= 0.6 is 0 Å². The van der Waals surface area contributed by atoms with Gasteiger partial charge in [0.2, 0.25) is 11.8 Å². The highest BCUT2D eigenvalue weighted by molar-refractivity contribution is 6.11. The van der Waals surface area contributed by atoms with Gasteiger partial charge in [-0.2, -0.15) is 0 Å². The number of amides is 3. The second kappa shape index (κ2) is 7.47. The molecule has 1 N–H and O–H groups in total. The van der Waals surface area contributed by atoms with Crippen molar-refractivity contribution in [1.29, 1.82) is 0 Å². The average Bonchev–Trinajstić information content (AvgIpc) is 3.32. The zero-order valence-electron chi connectivity index (χ0n) is 18.2. The first-order valence-electron chi connectivity index (χ1n) is 10.9. The Morgan fingerprint density at radius 1 is 1.12 bits per heavy atom. The molecule has 1 unspecified atom stereocenters. The maximum absolute atomic E-state index is 13.3. The molecule has 3 amide bonds. The van der Waals surface area contributed by atoms with E-state index in [2.05, 4.69) is 14.9 Å². The zero-order chi connectivity index (χ0) is 22.5. The van der Waals surface area contributed by atoms with E-state index in [0.29, 0.717) is 24.1 Å². The van der Waals surface area contributed by atoms with Gasteiger partial charge in [-0.3, -0.25) is 19.3 Å². The minimum atomic E-state index is -0.851. The summed E-state index contributed by atoms with van der Waals surface area (Å²) in [6.07, 6.45) is 0.835. The van der Waals surface area contributed by atoms with Crippen LogP contribution in [0.3, 0.4) is 0 Å². The number of carbonyl (C=O) groups is 3. The second-order valence-corrected chi connectivity index (χ2v) is 8.39. The van der Waals surface area contributed by atoms with Crippen molar-refractivity contribution in [1.82, 2.24) is 19.8 Å². The first-order chi connectivity index (χ1) is 15.4. The number of hydrogen-bond donors (Lipinski definition) is 1. The summed E-state index contributed by atoms with van der Waals surface area (Å²) in [7, 11) is 0. The highest BCUT2D eigenvalue weighted by Gasteiger charge is 2.53. The quantitative estimate of drug-likeness (QED) is 0.673. The van der Waals surface area contributed by atoms with E-state index in [1.54, 1.807) is 23.1 Å². The Labute approximate surface area is 185 Å². The third-order valence-corrected chi connectivity index (χ3v) is 6.54. The van der Waals surface area contributed by atoms with Gasteiger partial charge in [0, 0.05) is 13.0 Å². The minimum Gasteiger partial charge on any atom is -0.347 e. The molecule has 164 valence electrons. The van der Waals surface area contributed by atoms with E-state index < -0.39 is 5.66 Å². The number of hydrogen-bond acceptors (Lipinski definition) is 4. The van der Waals surface area contributed by atoms with E-state index in [4.69, 9.17) is 0 Å². The SMILES string of the molecule is CCn1c(CNC(=O)CN2C(=O)c3ccccc3N3C(=O)CCC23C)nc2ccccc21. The van der Waals surface area contributed by atoms with Crippen molar-refractivity contribution in [3.05, 3.63) is 59.9 Å². The van der Waals surface area contributed by atoms with E-state index in [0.717, 1.165) is 23.4 Å². The monoisotopic (exact) mass is 431 g/mol. The Morgan fingerprint density at radius 3 is 2.69 bits per heavy atom. The summed E-state index contributed by atoms with van der Waals surface area (Å²) in [5.74, 6) is 0.216. The van der Waals surface area contributed by atoms with Gasteiger partial charge in [-0.15, -0.1) is 0 Å². The fraction of sp³-hybridized carbons (Fsp3) is 0.333. The molecule has 1 atom stereocenters. The van der Waals surface area contributed by atoms with E-state index in [9.17, 15) is 14.4 Å². The molecule has 5 rings (SSSR count). The van der Waals surface area contributed by atoms with Gasteiger partial charge >= 0.3 is 0 Å². The zero-order valence-corrected chi connectivity index (χ0v) is 18.2. The van der Waals surface area contributed by atoms with Crippen LogP contribution in [0.5, 0.6) is 0 Å². The maximum Gasteiger partial charge on any atom is 0.258 e. The van der Waals surface area contributed by atoms with Gasteiger partial charge in [-0.05, 0) is 44.5 Å². The lowest BCUT2D eigenvalue weighted by Crippen LogP contribution is -2.63. The molecule has 8 nitrogen and oxygen atoms in total. The molecule has 1 aromatic heterocycles. The number of benzene rings is 2. The van der Waals surface area contributed by atoms with Crippen molar-refractivity contribution < 1.29 is 14.4 Å². The third-order valence-electron chi connectivity index (χ3n) is 6.54. The molecule has 0 aliphatic carbocycles. The van der Waals surface area contributed by atoms with Crippen molar-refractivity contribution in [2.45, 2.75) is 45.4 Å². The average molecular weight is 431 g/mol. The fourth-order valence-corrected chi connectivity index (χ4v) is 4.93. The van der Waals surface area contributed by atoms with Gasteiger partial charge in [-0.1, -0.05) is 24.3 Å². The topological polar surface area (TPSA) is 87.5 Å². The molecular weight excluding hydrogens is 406 g/mol. The van der Waals surface area contributed by atoms with Crippen LogP contribution in [0.4, 0.5) is 5.69 Å². The highest BCUT2D eigenvalue weighted by Crippen LogP contribution is 2.43. The number of para-hydroxylation sites is 3. The third kappa shape index (κ3) is 2.97. The Kier molecular flexibility index (Phi) is 4.73. The van der Waals surface area contributed by atoms with E-state index in [1.807, 2.05) is 44.2 Å². The summed E-state index contributed by atoms with van der Waals surface area (Å²) in [5, 5.41) is 2.92. The molecule has 0 spiro atoms. The normalized spacial score (nSPS) is 19.9. The fourth-order valence-electron chi connectivity index (χ4n) is 4.93. The summed E-state index contributed by atoms with van der Waals surface area (Å²) in [6.45, 7) is 4.77. The summed E-state index contributed by atoms with van der Waals surface area (Å²) in [5.41, 5.74) is 2.12. The summed E-state index contributed by atoms with van der Waals surface area (Å²) in [4.78, 5) is 46.7. The summed E-state index contributed by atoms with van der Waals surface area (Å²) < 4.78 is 2.07. The molecule has 1 fully saturated rings. The number of aromatic nitrogens is 2. The lowest BCUT2D eigenvalue weighted by Gasteiger charge is -2.48. The molecule has 1 saturated heterocycles. The smallest absolute Gasteiger partial charge is 0.258 e. The van der Waals surface area contributed by atoms with Crippen molar-refractivity contribution in [3.8, 4) is 0 Å². The minimum absolute atomic E-state index is 0.0329. The van der Waals surface area contributed by atoms with Gasteiger partial charge in [0.1, 0.15) is 18.0 Å². The number of imidazole rings is 1. The molecule has 2 aliphatic rings. The van der Waals surface area contributed by atoms with E-state index in [-0.39, 0.29) is 30.8 Å². The van der Waals surface area contributed by atoms with E-state index >= 15 is 0 Å². The van der Waals surface area contributed by atoms with Crippen molar-refractivity contribution in [2.75, 3.05) is 11.4 Å². The molecule has 0 radical (unpaired) electrons. The van der Waals surface area contributed by atoms with Crippen LogP contribution < -0.4 is 10.2 Å². The number of carbonyl (C=O) groups excluding carboxylic acids is 3. The Morgan fingerprint density at radius 2 is 1.88 bits per heavy atom. The molecule has 3 aromatic rings. The lowest BCUT2D eigenvalue weighted by atomic mass is 9.98. The Bertz CT molecular complexity index is 1250. The number of anilines is 1. The highest BCUT2D eigenvalue weighted by atomic mass is 16.2. The van der Waals surface area contributed by atoms with Crippen LogP contribution in [0.2, 0.25) is 0 Å². The van der Waals surface area contributed by atoms with Crippen LogP contribution in [-0.2, 0) is 22.7 Å². The molecule has 32 heavy (non-hydrogen) atoms. The standard InChI is InChI=1S/C24H25N5O3/c1-3-27-19-11-7-5-9-17(19)26-20(27)14-25-21(30)15-28-23(32)16-8-4-6-10-18(16)29-22(31)12-13-24(28,29)2/h4-11H,3,12-15H2,1-2H3,(H,25,30). The first kappa shape index (κ1) is 20.2. The second-order valence-electron chi connectivity index (χ2n) is 8.39. The Balaban J connectivity index is 1.38. The number of rotatable bonds is 5. The predicted molar refractivity (Wildman–Crippen MR) is 120 cm³/mol. The molecule has 2 aromatic carbocycles. The molecule has 3 heterocycles. The first-order valence-corrected chi connectivity index (χ1v) is 10.9. The van der Waals surface area contributed by atoms with Crippen LogP contribution in [0.15, 0.2) is 48.5 Å². The number of fused-ring (bicyclic) bond motifs is 4. The van der Waals surface area contributed by atoms with Crippen LogP contribution in [0, 0.1) is 0 Å². The van der Waals surface area contributed by atoms with Crippen LogP contribution in [-0.4, -0.2) is 44.4 Å². The number of nitrogens with zero attached hydrogens (tertiary/aromatic N) is 4. The van der Waals surface area contributed by atoms with Gasteiger partial charge in [0.05, 0.1) is 28.8 Å². The number of aryl methyl sites for hydroxylation is 1. The van der Waals surface area contributed by atoms with E-state index in [1.165, 1.54) is 4.90 Å². The van der Waals surface area contributed by atoms with Gasteiger partial charge in [0.25, 0.3) is 5.91 Å². The molecular formula is C24H25N5O3. The maximum atomic E-state index is 13.3. The number of nitrogens with one attached hydrogen (secondary N) is 1. The van der Waals surface area contributed by atoms with Crippen LogP contribution in [0.25, 0.3) is 11.0 Å². The molecule has 0 bridgehead atoms. The predicted octanol–water partition coefficient (Wildman–Crippen LogP) is 2.67.